The standard InChI is InChI=1S/C23H19N3O3S/c1-2-9-25-22(27)17-11-15-14-5-3-4-6-16(14)24-20(15)21(26(17)23(25)30)13-7-8-18-19(10-13)29-12-28-18/h2-8,10,17,21,24H,1,9,11-12H2/t17-,21?/m1/s1. The summed E-state index contributed by atoms with van der Waals surface area (Å²) in [6.45, 7) is 4.42. The molecule has 30 heavy (non-hydrogen) atoms. The van der Waals surface area contributed by atoms with Gasteiger partial charge < -0.3 is 19.4 Å². The Morgan fingerprint density at radius 1 is 1.20 bits per heavy atom. The van der Waals surface area contributed by atoms with E-state index in [9.17, 15) is 4.79 Å². The fourth-order valence-electron chi connectivity index (χ4n) is 4.86. The lowest BCUT2D eigenvalue weighted by Gasteiger charge is -2.37. The predicted molar refractivity (Wildman–Crippen MR) is 117 cm³/mol. The number of nitrogens with one attached hydrogen (secondary N) is 1. The highest BCUT2D eigenvalue weighted by molar-refractivity contribution is 7.80. The number of aromatic nitrogens is 1. The number of carbonyl (C=O) groups is 1. The van der Waals surface area contributed by atoms with Crippen LogP contribution in [-0.4, -0.2) is 45.2 Å². The van der Waals surface area contributed by atoms with Crippen LogP contribution in [0.1, 0.15) is 22.9 Å². The van der Waals surface area contributed by atoms with E-state index in [4.69, 9.17) is 21.7 Å². The topological polar surface area (TPSA) is 57.8 Å². The smallest absolute Gasteiger partial charge is 0.252 e. The highest BCUT2D eigenvalue weighted by Gasteiger charge is 2.50. The molecule has 3 aliphatic heterocycles. The molecule has 1 unspecified atom stereocenters. The zero-order valence-electron chi connectivity index (χ0n) is 16.1. The Morgan fingerprint density at radius 3 is 2.90 bits per heavy atom. The molecular weight excluding hydrogens is 398 g/mol. The maximum Gasteiger partial charge on any atom is 0.252 e. The van der Waals surface area contributed by atoms with Crippen LogP contribution in [0.4, 0.5) is 0 Å². The van der Waals surface area contributed by atoms with E-state index in [1.807, 2.05) is 30.3 Å². The quantitative estimate of drug-likeness (QED) is 0.522. The molecule has 2 aromatic carbocycles. The maximum atomic E-state index is 13.3. The summed E-state index contributed by atoms with van der Waals surface area (Å²) < 4.78 is 11.1. The van der Waals surface area contributed by atoms with Crippen molar-refractivity contribution in [3.8, 4) is 11.5 Å². The summed E-state index contributed by atoms with van der Waals surface area (Å²) in [5.74, 6) is 1.48. The minimum absolute atomic E-state index is 0.0292. The number of fused-ring (bicyclic) bond motifs is 5. The number of hydrogen-bond acceptors (Lipinski definition) is 4. The number of rotatable bonds is 3. The van der Waals surface area contributed by atoms with Crippen LogP contribution in [0.25, 0.3) is 10.9 Å². The summed E-state index contributed by atoms with van der Waals surface area (Å²) in [5, 5.41) is 1.69. The van der Waals surface area contributed by atoms with Gasteiger partial charge in [0.25, 0.3) is 5.91 Å². The maximum absolute atomic E-state index is 13.3. The average Bonchev–Trinajstić information content (AvgIpc) is 3.44. The van der Waals surface area contributed by atoms with Crippen LogP contribution in [0.15, 0.2) is 55.1 Å². The number of hydrogen-bond donors (Lipinski definition) is 1. The predicted octanol–water partition coefficient (Wildman–Crippen LogP) is 3.53. The van der Waals surface area contributed by atoms with Crippen molar-refractivity contribution in [2.75, 3.05) is 13.3 Å². The van der Waals surface area contributed by atoms with E-state index < -0.39 is 0 Å². The minimum Gasteiger partial charge on any atom is -0.454 e. The molecule has 0 bridgehead atoms. The molecule has 6 nitrogen and oxygen atoms in total. The third kappa shape index (κ3) is 2.29. The second kappa shape index (κ2) is 6.34. The third-order valence-corrected chi connectivity index (χ3v) is 6.59. The molecular formula is C23H19N3O3S. The van der Waals surface area contributed by atoms with Gasteiger partial charge in [0.05, 0.1) is 6.04 Å². The van der Waals surface area contributed by atoms with Crippen molar-refractivity contribution in [1.29, 1.82) is 0 Å². The van der Waals surface area contributed by atoms with Crippen LogP contribution in [0.3, 0.4) is 0 Å². The Labute approximate surface area is 178 Å². The van der Waals surface area contributed by atoms with Crippen molar-refractivity contribution in [2.45, 2.75) is 18.5 Å². The second-order valence-electron chi connectivity index (χ2n) is 7.73. The molecule has 2 atom stereocenters. The molecule has 7 heteroatoms. The molecule has 1 aromatic heterocycles. The molecule has 6 rings (SSSR count). The van der Waals surface area contributed by atoms with E-state index in [0.29, 0.717) is 23.8 Å². The van der Waals surface area contributed by atoms with Gasteiger partial charge in [-0.05, 0) is 41.5 Å². The Kier molecular flexibility index (Phi) is 3.70. The molecule has 4 heterocycles. The van der Waals surface area contributed by atoms with Gasteiger partial charge in [-0.15, -0.1) is 6.58 Å². The van der Waals surface area contributed by atoms with Gasteiger partial charge in [-0.1, -0.05) is 30.3 Å². The van der Waals surface area contributed by atoms with Crippen molar-refractivity contribution >= 4 is 34.1 Å². The number of ether oxygens (including phenoxy) is 2. The number of H-pyrrole nitrogens is 1. The lowest BCUT2D eigenvalue weighted by atomic mass is 9.89. The van der Waals surface area contributed by atoms with Crippen LogP contribution in [0.2, 0.25) is 0 Å². The molecule has 0 aliphatic carbocycles. The molecule has 3 aliphatic rings. The van der Waals surface area contributed by atoms with Gasteiger partial charge in [0, 0.05) is 29.6 Å². The summed E-state index contributed by atoms with van der Waals surface area (Å²) in [7, 11) is 0. The Bertz CT molecular complexity index is 1230. The third-order valence-electron chi connectivity index (χ3n) is 6.16. The Morgan fingerprint density at radius 2 is 2.03 bits per heavy atom. The zero-order valence-corrected chi connectivity index (χ0v) is 16.9. The number of nitrogens with zero attached hydrogens (tertiary/aromatic N) is 2. The van der Waals surface area contributed by atoms with Crippen molar-refractivity contribution in [1.82, 2.24) is 14.8 Å². The van der Waals surface area contributed by atoms with E-state index in [-0.39, 0.29) is 24.8 Å². The Balaban J connectivity index is 1.57. The molecule has 150 valence electrons. The van der Waals surface area contributed by atoms with Gasteiger partial charge in [-0.25, -0.2) is 0 Å². The lowest BCUT2D eigenvalue weighted by molar-refractivity contribution is -0.128. The van der Waals surface area contributed by atoms with Crippen molar-refractivity contribution in [3.05, 3.63) is 71.9 Å². The van der Waals surface area contributed by atoms with Gasteiger partial charge >= 0.3 is 0 Å². The number of benzene rings is 2. The summed E-state index contributed by atoms with van der Waals surface area (Å²) in [5.41, 5.74) is 4.32. The monoisotopic (exact) mass is 417 g/mol. The highest BCUT2D eigenvalue weighted by atomic mass is 32.1. The molecule has 0 radical (unpaired) electrons. The van der Waals surface area contributed by atoms with Crippen molar-refractivity contribution < 1.29 is 14.3 Å². The lowest BCUT2D eigenvalue weighted by Crippen LogP contribution is -2.44. The first-order chi connectivity index (χ1) is 14.7. The fourth-order valence-corrected chi connectivity index (χ4v) is 5.25. The molecule has 0 saturated carbocycles. The largest absolute Gasteiger partial charge is 0.454 e. The van der Waals surface area contributed by atoms with Crippen molar-refractivity contribution in [2.24, 2.45) is 0 Å². The molecule has 1 N–H and O–H groups in total. The van der Waals surface area contributed by atoms with Crippen LogP contribution in [0.5, 0.6) is 11.5 Å². The van der Waals surface area contributed by atoms with Gasteiger partial charge in [-0.3, -0.25) is 9.69 Å². The molecule has 1 amide bonds. The molecule has 3 aromatic rings. The van der Waals surface area contributed by atoms with Crippen LogP contribution < -0.4 is 9.47 Å². The Hall–Kier alpha value is -3.32. The first-order valence-corrected chi connectivity index (χ1v) is 10.3. The number of amides is 1. The number of thiocarbonyl (C=S) groups is 1. The average molecular weight is 417 g/mol. The van der Waals surface area contributed by atoms with Gasteiger partial charge in [0.15, 0.2) is 16.6 Å². The van der Waals surface area contributed by atoms with Gasteiger partial charge in [-0.2, -0.15) is 0 Å². The summed E-state index contributed by atoms with van der Waals surface area (Å²) >= 11 is 5.78. The van der Waals surface area contributed by atoms with Gasteiger partial charge in [0.2, 0.25) is 6.79 Å². The first-order valence-electron chi connectivity index (χ1n) is 9.91. The summed E-state index contributed by atoms with van der Waals surface area (Å²) in [6.07, 6.45) is 2.33. The molecule has 1 fully saturated rings. The zero-order chi connectivity index (χ0) is 20.4. The fraction of sp³-hybridized carbons (Fsp3) is 0.217. The minimum atomic E-state index is -0.334. The first kappa shape index (κ1) is 17.5. The van der Waals surface area contributed by atoms with Gasteiger partial charge in [0.1, 0.15) is 6.04 Å². The van der Waals surface area contributed by atoms with E-state index in [1.54, 1.807) is 11.0 Å². The normalized spacial score (nSPS) is 21.9. The number of aromatic amines is 1. The second-order valence-corrected chi connectivity index (χ2v) is 8.09. The number of para-hydroxylation sites is 1. The summed E-state index contributed by atoms with van der Waals surface area (Å²) in [4.78, 5) is 20.6. The van der Waals surface area contributed by atoms with E-state index in [2.05, 4.69) is 28.6 Å². The van der Waals surface area contributed by atoms with Crippen molar-refractivity contribution in [3.63, 3.8) is 0 Å². The van der Waals surface area contributed by atoms with E-state index in [1.165, 1.54) is 5.56 Å². The van der Waals surface area contributed by atoms with Crippen LogP contribution in [0, 0.1) is 0 Å². The number of carbonyl (C=O) groups excluding carboxylic acids is 1. The van der Waals surface area contributed by atoms with E-state index >= 15 is 0 Å². The molecule has 1 saturated heterocycles. The SMILES string of the molecule is C=CCN1C(=O)[C@H]2Cc3c([nH]c4ccccc34)C(c3ccc4c(c3)OCO4)N2C1=S. The highest BCUT2D eigenvalue weighted by Crippen LogP contribution is 2.46. The van der Waals surface area contributed by atoms with Crippen LogP contribution >= 0.6 is 12.2 Å². The molecule has 0 spiro atoms. The van der Waals surface area contributed by atoms with E-state index in [0.717, 1.165) is 27.9 Å². The van der Waals surface area contributed by atoms with Crippen LogP contribution in [-0.2, 0) is 11.2 Å². The summed E-state index contributed by atoms with van der Waals surface area (Å²) in [6, 6.07) is 13.6.